The molecule has 1 aromatic heterocycles. The van der Waals surface area contributed by atoms with E-state index in [2.05, 4.69) is 4.98 Å². The van der Waals surface area contributed by atoms with Gasteiger partial charge < -0.3 is 19.7 Å². The first-order valence-electron chi connectivity index (χ1n) is 4.68. The number of H-pyrrole nitrogens is 1. The van der Waals surface area contributed by atoms with Crippen molar-refractivity contribution in [1.29, 1.82) is 0 Å². The number of hydrogen-bond donors (Lipinski definition) is 2. The van der Waals surface area contributed by atoms with Crippen molar-refractivity contribution < 1.29 is 14.7 Å². The lowest BCUT2D eigenvalue weighted by molar-refractivity contribution is 0.168. The second kappa shape index (κ2) is 4.10. The van der Waals surface area contributed by atoms with Gasteiger partial charge in [-0.25, -0.2) is 0 Å². The van der Waals surface area contributed by atoms with Crippen LogP contribution in [0.15, 0.2) is 16.9 Å². The molecule has 7 heteroatoms. The zero-order chi connectivity index (χ0) is 12.6. The quantitative estimate of drug-likeness (QED) is 0.624. The minimum absolute atomic E-state index is 0.0743. The molecule has 1 aromatic carbocycles. The molecule has 0 aliphatic heterocycles. The van der Waals surface area contributed by atoms with Crippen LogP contribution in [-0.2, 0) is 0 Å². The Morgan fingerprint density at radius 3 is 2.47 bits per heavy atom. The Hall–Kier alpha value is -2.02. The predicted molar refractivity (Wildman–Crippen MR) is 63.7 cm³/mol. The van der Waals surface area contributed by atoms with Crippen molar-refractivity contribution in [2.75, 3.05) is 14.2 Å². The third kappa shape index (κ3) is 1.74. The van der Waals surface area contributed by atoms with E-state index in [9.17, 15) is 10.0 Å². The minimum Gasteiger partial charge on any atom is -0.493 e. The lowest BCUT2D eigenvalue weighted by Gasteiger charge is -2.09. The first-order valence-corrected chi connectivity index (χ1v) is 5.09. The monoisotopic (exact) mass is 254 g/mol. The molecule has 0 atom stereocenters. The van der Waals surface area contributed by atoms with Crippen LogP contribution in [0.25, 0.3) is 10.9 Å². The van der Waals surface area contributed by atoms with Crippen LogP contribution in [0.5, 0.6) is 11.5 Å². The van der Waals surface area contributed by atoms with Crippen LogP contribution in [0.2, 0.25) is 0 Å². The van der Waals surface area contributed by atoms with Gasteiger partial charge in [-0.1, -0.05) is 0 Å². The summed E-state index contributed by atoms with van der Waals surface area (Å²) in [6.45, 7) is 0. The Kier molecular flexibility index (Phi) is 2.76. The van der Waals surface area contributed by atoms with E-state index in [-0.39, 0.29) is 10.2 Å². The van der Waals surface area contributed by atoms with Crippen LogP contribution in [0, 0.1) is 4.77 Å². The van der Waals surface area contributed by atoms with E-state index >= 15 is 0 Å². The molecule has 90 valence electrons. The maximum Gasteiger partial charge on any atom is 0.295 e. The fourth-order valence-electron chi connectivity index (χ4n) is 1.53. The number of nitrogens with one attached hydrogen (secondary N) is 1. The molecule has 1 heterocycles. The first kappa shape index (κ1) is 11.5. The van der Waals surface area contributed by atoms with Crippen LogP contribution in [0.4, 0.5) is 0 Å². The highest BCUT2D eigenvalue weighted by atomic mass is 32.1. The van der Waals surface area contributed by atoms with Crippen LogP contribution in [-0.4, -0.2) is 29.1 Å². The Labute approximate surface area is 101 Å². The Balaban J connectivity index is 2.93. The number of aromatic amines is 1. The lowest BCUT2D eigenvalue weighted by atomic mass is 10.2. The van der Waals surface area contributed by atoms with Crippen molar-refractivity contribution in [2.45, 2.75) is 0 Å². The third-order valence-electron chi connectivity index (χ3n) is 2.38. The number of hydrogen-bond acceptors (Lipinski definition) is 5. The van der Waals surface area contributed by atoms with Gasteiger partial charge in [-0.3, -0.25) is 4.79 Å². The van der Waals surface area contributed by atoms with Crippen LogP contribution in [0.3, 0.4) is 0 Å². The molecular formula is C10H10N2O4S. The van der Waals surface area contributed by atoms with Crippen molar-refractivity contribution >= 4 is 23.1 Å². The fourth-order valence-corrected chi connectivity index (χ4v) is 1.73. The molecule has 6 nitrogen and oxygen atoms in total. The highest BCUT2D eigenvalue weighted by Gasteiger charge is 2.10. The highest BCUT2D eigenvalue weighted by molar-refractivity contribution is 7.71. The van der Waals surface area contributed by atoms with Gasteiger partial charge in [0.2, 0.25) is 4.77 Å². The molecule has 0 fully saturated rings. The van der Waals surface area contributed by atoms with E-state index in [1.165, 1.54) is 20.3 Å². The average molecular weight is 254 g/mol. The molecule has 2 rings (SSSR count). The second-order valence-electron chi connectivity index (χ2n) is 3.30. The summed E-state index contributed by atoms with van der Waals surface area (Å²) in [6.07, 6.45) is 0. The summed E-state index contributed by atoms with van der Waals surface area (Å²) in [4.78, 5) is 14.5. The maximum atomic E-state index is 11.7. The molecule has 17 heavy (non-hydrogen) atoms. The molecule has 0 aliphatic carbocycles. The van der Waals surface area contributed by atoms with Crippen molar-refractivity contribution in [3.8, 4) is 11.5 Å². The number of ether oxygens (including phenoxy) is 2. The molecule has 0 unspecified atom stereocenters. The van der Waals surface area contributed by atoms with Crippen LogP contribution < -0.4 is 15.0 Å². The van der Waals surface area contributed by atoms with Gasteiger partial charge in [0.25, 0.3) is 5.56 Å². The molecule has 0 saturated heterocycles. The van der Waals surface area contributed by atoms with Gasteiger partial charge in [0, 0.05) is 6.07 Å². The van der Waals surface area contributed by atoms with E-state index in [1.54, 1.807) is 6.07 Å². The first-order chi connectivity index (χ1) is 8.08. The Morgan fingerprint density at radius 1 is 1.29 bits per heavy atom. The topological polar surface area (TPSA) is 76.5 Å². The number of aromatic nitrogens is 2. The summed E-state index contributed by atoms with van der Waals surface area (Å²) in [7, 11) is 2.96. The zero-order valence-electron chi connectivity index (χ0n) is 9.18. The Morgan fingerprint density at radius 2 is 1.88 bits per heavy atom. The normalized spacial score (nSPS) is 10.5. The Bertz CT molecular complexity index is 689. The molecule has 0 amide bonds. The summed E-state index contributed by atoms with van der Waals surface area (Å²) in [5.74, 6) is 0.878. The summed E-state index contributed by atoms with van der Waals surface area (Å²) in [5, 5.41) is 9.65. The zero-order valence-corrected chi connectivity index (χ0v) is 10.00. The van der Waals surface area contributed by atoms with Crippen molar-refractivity contribution in [3.05, 3.63) is 27.3 Å². The lowest BCUT2D eigenvalue weighted by Crippen LogP contribution is -2.19. The molecule has 0 aliphatic rings. The van der Waals surface area contributed by atoms with Gasteiger partial charge in [-0.2, -0.15) is 0 Å². The molecular weight excluding hydrogens is 244 g/mol. The van der Waals surface area contributed by atoms with Gasteiger partial charge in [-0.15, -0.1) is 4.73 Å². The number of methoxy groups -OCH3 is 2. The predicted octanol–water partition coefficient (Wildman–Crippen LogP) is 1.31. The minimum atomic E-state index is -0.607. The van der Waals surface area contributed by atoms with Crippen LogP contribution >= 0.6 is 12.2 Å². The summed E-state index contributed by atoms with van der Waals surface area (Å²) >= 11 is 4.79. The van der Waals surface area contributed by atoms with Crippen molar-refractivity contribution in [2.24, 2.45) is 0 Å². The number of nitrogens with zero attached hydrogens (tertiary/aromatic N) is 1. The van der Waals surface area contributed by atoms with Crippen molar-refractivity contribution in [3.63, 3.8) is 0 Å². The van der Waals surface area contributed by atoms with Gasteiger partial charge in [-0.05, 0) is 18.3 Å². The molecule has 0 bridgehead atoms. The van der Waals surface area contributed by atoms with Gasteiger partial charge in [0.15, 0.2) is 11.5 Å². The molecule has 0 radical (unpaired) electrons. The van der Waals surface area contributed by atoms with E-state index in [0.29, 0.717) is 21.7 Å². The standard InChI is InChI=1S/C10H10N2O4S/c1-15-7-3-5-6(4-8(7)16-2)11-10(17)12(14)9(5)13/h3-4,14H,1-2H3,(H,11,17). The highest BCUT2D eigenvalue weighted by Crippen LogP contribution is 2.29. The van der Waals surface area contributed by atoms with E-state index in [1.807, 2.05) is 0 Å². The number of benzene rings is 1. The van der Waals surface area contributed by atoms with Gasteiger partial charge in [0.1, 0.15) is 0 Å². The second-order valence-corrected chi connectivity index (χ2v) is 3.69. The SMILES string of the molecule is COc1cc2[nH]c(=S)n(O)c(=O)c2cc1OC. The maximum absolute atomic E-state index is 11.7. The van der Waals surface area contributed by atoms with Crippen molar-refractivity contribution in [1.82, 2.24) is 9.71 Å². The fraction of sp³-hybridized carbons (Fsp3) is 0.200. The number of rotatable bonds is 2. The third-order valence-corrected chi connectivity index (χ3v) is 2.66. The summed E-state index contributed by atoms with van der Waals surface area (Å²) in [6, 6.07) is 3.07. The van der Waals surface area contributed by atoms with Gasteiger partial charge in [0.05, 0.1) is 25.1 Å². The molecule has 0 saturated carbocycles. The van der Waals surface area contributed by atoms with Crippen LogP contribution in [0.1, 0.15) is 0 Å². The largest absolute Gasteiger partial charge is 0.493 e. The smallest absolute Gasteiger partial charge is 0.295 e. The number of fused-ring (bicyclic) bond motifs is 1. The van der Waals surface area contributed by atoms with E-state index in [4.69, 9.17) is 21.7 Å². The summed E-state index contributed by atoms with van der Waals surface area (Å²) in [5.41, 5.74) is -0.132. The van der Waals surface area contributed by atoms with Gasteiger partial charge >= 0.3 is 0 Å². The van der Waals surface area contributed by atoms with E-state index in [0.717, 1.165) is 0 Å². The molecule has 2 N–H and O–H groups in total. The van der Waals surface area contributed by atoms with E-state index < -0.39 is 5.56 Å². The molecule has 0 spiro atoms. The molecule has 2 aromatic rings. The summed E-state index contributed by atoms with van der Waals surface area (Å²) < 4.78 is 10.5. The average Bonchev–Trinajstić information content (AvgIpc) is 2.34.